The normalized spacial score (nSPS) is 13.7. The number of carbonyl (C=O) groups is 5. The molecule has 3 atom stereocenters. The van der Waals surface area contributed by atoms with Crippen LogP contribution >= 0.6 is 0 Å². The Hall–Kier alpha value is -4.46. The van der Waals surface area contributed by atoms with Crippen molar-refractivity contribution in [2.24, 2.45) is 11.8 Å². The van der Waals surface area contributed by atoms with Crippen LogP contribution in [0, 0.1) is 5.92 Å². The first-order valence-electron chi connectivity index (χ1n) is 14.3. The van der Waals surface area contributed by atoms with E-state index in [4.69, 9.17) is 15.3 Å². The summed E-state index contributed by atoms with van der Waals surface area (Å²) in [6.45, 7) is 13.8. The molecule has 2 rings (SSSR count). The van der Waals surface area contributed by atoms with E-state index in [1.165, 1.54) is 12.5 Å². The molecule has 0 saturated heterocycles. The number of nitrogens with zero attached hydrogens (tertiary/aromatic N) is 2. The number of nitrogens with one attached hydrogen (secondary N) is 4. The standard InChI is InChI=1S/C30H45N7O7/c1-18(2)23(35-27(41)43-29(3,4)5)26(40)34-21(14-19-12-10-9-11-13-19)24(38)33-22(25(39)36-31)15-20-16-37(17-32-20)28(42)44-30(6,7)8/h9-13,16-18,21-23H,14-15,31H2,1-8H3,(H,33,38)(H,34,40)(H,35,41)(H,36,39)/t21-,22-,23-/m1/s1. The zero-order valence-corrected chi connectivity index (χ0v) is 26.6. The van der Waals surface area contributed by atoms with E-state index < -0.39 is 59.2 Å². The third-order valence-corrected chi connectivity index (χ3v) is 5.97. The molecule has 2 aromatic rings. The molecule has 0 aliphatic rings. The second-order valence-corrected chi connectivity index (χ2v) is 12.6. The van der Waals surface area contributed by atoms with Crippen LogP contribution in [0.3, 0.4) is 0 Å². The number of hydrogen-bond acceptors (Lipinski definition) is 9. The zero-order valence-electron chi connectivity index (χ0n) is 26.6. The summed E-state index contributed by atoms with van der Waals surface area (Å²) in [5.41, 5.74) is 1.56. The molecule has 14 heteroatoms. The highest BCUT2D eigenvalue weighted by Gasteiger charge is 2.32. The molecule has 0 saturated carbocycles. The van der Waals surface area contributed by atoms with Gasteiger partial charge in [-0.15, -0.1) is 0 Å². The van der Waals surface area contributed by atoms with Gasteiger partial charge in [-0.2, -0.15) is 0 Å². The minimum absolute atomic E-state index is 0.0832. The van der Waals surface area contributed by atoms with E-state index >= 15 is 0 Å². The van der Waals surface area contributed by atoms with Gasteiger partial charge in [0.05, 0.1) is 5.69 Å². The molecule has 1 aromatic heterocycles. The zero-order chi connectivity index (χ0) is 33.2. The summed E-state index contributed by atoms with van der Waals surface area (Å²) in [4.78, 5) is 68.7. The van der Waals surface area contributed by atoms with Gasteiger partial charge in [0.15, 0.2) is 0 Å². The van der Waals surface area contributed by atoms with Crippen molar-refractivity contribution >= 4 is 29.9 Å². The van der Waals surface area contributed by atoms with Crippen LogP contribution in [0.4, 0.5) is 9.59 Å². The SMILES string of the molecule is CC(C)[C@@H](NC(=O)OC(C)(C)C)C(=O)N[C@H](Cc1ccccc1)C(=O)N[C@H](Cc1cn(C(=O)OC(C)(C)C)cn1)C(=O)NN. The number of rotatable bonds is 11. The van der Waals surface area contributed by atoms with Gasteiger partial charge in [0.25, 0.3) is 5.91 Å². The molecule has 0 bridgehead atoms. The van der Waals surface area contributed by atoms with Crippen molar-refractivity contribution in [1.82, 2.24) is 30.9 Å². The van der Waals surface area contributed by atoms with Crippen molar-refractivity contribution in [3.05, 3.63) is 54.1 Å². The molecule has 242 valence electrons. The summed E-state index contributed by atoms with van der Waals surface area (Å²) in [6.07, 6.45) is 1.15. The van der Waals surface area contributed by atoms with Crippen LogP contribution in [0.25, 0.3) is 0 Å². The van der Waals surface area contributed by atoms with E-state index in [1.54, 1.807) is 79.7 Å². The molecule has 0 aliphatic carbocycles. The topological polar surface area (TPSA) is 196 Å². The Morgan fingerprint density at radius 3 is 1.93 bits per heavy atom. The minimum Gasteiger partial charge on any atom is -0.444 e. The highest BCUT2D eigenvalue weighted by Crippen LogP contribution is 2.12. The molecule has 44 heavy (non-hydrogen) atoms. The Bertz CT molecular complexity index is 1300. The maximum atomic E-state index is 13.6. The van der Waals surface area contributed by atoms with Crippen molar-refractivity contribution < 1.29 is 33.4 Å². The fraction of sp³-hybridized carbons (Fsp3) is 0.533. The van der Waals surface area contributed by atoms with E-state index in [1.807, 2.05) is 11.5 Å². The number of amides is 4. The lowest BCUT2D eigenvalue weighted by molar-refractivity contribution is -0.133. The van der Waals surface area contributed by atoms with Gasteiger partial charge < -0.3 is 25.4 Å². The quantitative estimate of drug-likeness (QED) is 0.143. The van der Waals surface area contributed by atoms with Crippen molar-refractivity contribution in [3.8, 4) is 0 Å². The Morgan fingerprint density at radius 1 is 0.818 bits per heavy atom. The second-order valence-electron chi connectivity index (χ2n) is 12.6. The summed E-state index contributed by atoms with van der Waals surface area (Å²) in [7, 11) is 0. The molecular weight excluding hydrogens is 570 g/mol. The Balaban J connectivity index is 2.27. The number of aromatic nitrogens is 2. The summed E-state index contributed by atoms with van der Waals surface area (Å²) in [6, 6.07) is 5.62. The predicted octanol–water partition coefficient (Wildman–Crippen LogP) is 1.96. The number of ether oxygens (including phenoxy) is 2. The van der Waals surface area contributed by atoms with E-state index in [9.17, 15) is 24.0 Å². The van der Waals surface area contributed by atoms with Crippen LogP contribution in [0.2, 0.25) is 0 Å². The van der Waals surface area contributed by atoms with E-state index in [-0.39, 0.29) is 18.8 Å². The number of benzene rings is 1. The Morgan fingerprint density at radius 2 is 1.39 bits per heavy atom. The average Bonchev–Trinajstić information content (AvgIpc) is 3.37. The van der Waals surface area contributed by atoms with Gasteiger partial charge in [-0.1, -0.05) is 44.2 Å². The van der Waals surface area contributed by atoms with Crippen molar-refractivity contribution in [2.45, 2.75) is 97.6 Å². The first-order valence-corrected chi connectivity index (χ1v) is 14.3. The lowest BCUT2D eigenvalue weighted by Gasteiger charge is -2.27. The molecule has 1 aromatic carbocycles. The minimum atomic E-state index is -1.20. The number of imidazole rings is 1. The molecule has 6 N–H and O–H groups in total. The fourth-order valence-corrected chi connectivity index (χ4v) is 3.96. The predicted molar refractivity (Wildman–Crippen MR) is 162 cm³/mol. The van der Waals surface area contributed by atoms with Crippen LogP contribution < -0.4 is 27.2 Å². The molecule has 0 spiro atoms. The van der Waals surface area contributed by atoms with Crippen LogP contribution in [-0.2, 0) is 36.7 Å². The number of nitrogens with two attached hydrogens (primary N) is 1. The molecule has 1 heterocycles. The van der Waals surface area contributed by atoms with Gasteiger partial charge in [0.2, 0.25) is 11.8 Å². The first kappa shape index (κ1) is 35.7. The molecule has 0 aliphatic heterocycles. The van der Waals surface area contributed by atoms with Crippen LogP contribution in [-0.4, -0.2) is 68.8 Å². The van der Waals surface area contributed by atoms with Gasteiger partial charge in [-0.05, 0) is 53.0 Å². The summed E-state index contributed by atoms with van der Waals surface area (Å²) >= 11 is 0. The second kappa shape index (κ2) is 15.3. The van der Waals surface area contributed by atoms with Crippen LogP contribution in [0.5, 0.6) is 0 Å². The van der Waals surface area contributed by atoms with Crippen molar-refractivity contribution in [2.75, 3.05) is 0 Å². The van der Waals surface area contributed by atoms with Gasteiger partial charge in [-0.25, -0.2) is 25.0 Å². The maximum Gasteiger partial charge on any atom is 0.419 e. The highest BCUT2D eigenvalue weighted by atomic mass is 16.6. The molecule has 0 unspecified atom stereocenters. The Kier molecular flexibility index (Phi) is 12.4. The van der Waals surface area contributed by atoms with Crippen LogP contribution in [0.15, 0.2) is 42.9 Å². The lowest BCUT2D eigenvalue weighted by atomic mass is 10.0. The van der Waals surface area contributed by atoms with Crippen LogP contribution in [0.1, 0.15) is 66.6 Å². The third-order valence-electron chi connectivity index (χ3n) is 5.97. The number of carbonyl (C=O) groups excluding carboxylic acids is 5. The summed E-state index contributed by atoms with van der Waals surface area (Å²) in [5.74, 6) is 3.04. The van der Waals surface area contributed by atoms with Crippen molar-refractivity contribution in [1.29, 1.82) is 0 Å². The van der Waals surface area contributed by atoms with E-state index in [0.29, 0.717) is 5.69 Å². The molecule has 0 radical (unpaired) electrons. The monoisotopic (exact) mass is 615 g/mol. The molecule has 0 fully saturated rings. The number of hydrogen-bond donors (Lipinski definition) is 5. The third kappa shape index (κ3) is 12.0. The Labute approximate surface area is 257 Å². The summed E-state index contributed by atoms with van der Waals surface area (Å²) < 4.78 is 11.8. The molecular formula is C30H45N7O7. The van der Waals surface area contributed by atoms with Crippen molar-refractivity contribution in [3.63, 3.8) is 0 Å². The highest BCUT2D eigenvalue weighted by molar-refractivity contribution is 5.94. The largest absolute Gasteiger partial charge is 0.444 e. The van der Waals surface area contributed by atoms with E-state index in [2.05, 4.69) is 20.9 Å². The first-order chi connectivity index (χ1) is 20.4. The molecule has 4 amide bonds. The fourth-order valence-electron chi connectivity index (χ4n) is 3.96. The van der Waals surface area contributed by atoms with Gasteiger partial charge in [0, 0.05) is 19.0 Å². The summed E-state index contributed by atoms with van der Waals surface area (Å²) in [5, 5.41) is 7.93. The number of hydrazine groups is 1. The smallest absolute Gasteiger partial charge is 0.419 e. The van der Waals surface area contributed by atoms with E-state index in [0.717, 1.165) is 10.1 Å². The molecule has 14 nitrogen and oxygen atoms in total. The van der Waals surface area contributed by atoms with Gasteiger partial charge in [-0.3, -0.25) is 19.8 Å². The number of alkyl carbamates (subject to hydrolysis) is 1. The van der Waals surface area contributed by atoms with Gasteiger partial charge in [0.1, 0.15) is 35.7 Å². The van der Waals surface area contributed by atoms with Gasteiger partial charge >= 0.3 is 12.2 Å². The maximum absolute atomic E-state index is 13.6. The average molecular weight is 616 g/mol. The lowest BCUT2D eigenvalue weighted by Crippen LogP contribution is -2.59.